The predicted octanol–water partition coefficient (Wildman–Crippen LogP) is 5.63. The van der Waals surface area contributed by atoms with Crippen molar-refractivity contribution >= 4 is 53.3 Å². The third-order valence-electron chi connectivity index (χ3n) is 10.0. The smallest absolute Gasteiger partial charge is 0.318 e. The van der Waals surface area contributed by atoms with Crippen molar-refractivity contribution in [3.63, 3.8) is 0 Å². The fourth-order valence-electron chi connectivity index (χ4n) is 7.38. The minimum atomic E-state index is -1.03. The average molecular weight is 696 g/mol. The summed E-state index contributed by atoms with van der Waals surface area (Å²) < 4.78 is 34.9. The topological polar surface area (TPSA) is 69.4 Å². The van der Waals surface area contributed by atoms with Crippen LogP contribution in [0.5, 0.6) is 6.01 Å². The Hall–Kier alpha value is -3.66. The second kappa shape index (κ2) is 13.7. The molecule has 254 valence electrons. The zero-order chi connectivity index (χ0) is 32.9. The average Bonchev–Trinajstić information content (AvgIpc) is 3.83. The third-order valence-corrected chi connectivity index (χ3v) is 10.4. The molecule has 0 spiro atoms. The van der Waals surface area contributed by atoms with Gasteiger partial charge in [0.25, 0.3) is 5.91 Å². The van der Waals surface area contributed by atoms with Crippen LogP contribution in [0, 0.1) is 23.7 Å². The molecule has 4 heterocycles. The Morgan fingerprint density at radius 1 is 1.15 bits per heavy atom. The number of likely N-dealkylation sites (tertiary alicyclic amines) is 1. The van der Waals surface area contributed by atoms with Crippen molar-refractivity contribution < 1.29 is 18.3 Å². The first-order valence-corrected chi connectivity index (χ1v) is 16.6. The van der Waals surface area contributed by atoms with Gasteiger partial charge >= 0.3 is 6.01 Å². The highest BCUT2D eigenvalue weighted by molar-refractivity contribution is 7.59. The number of rotatable bonds is 9. The van der Waals surface area contributed by atoms with E-state index in [1.807, 2.05) is 18.2 Å². The Labute approximate surface area is 291 Å². The van der Waals surface area contributed by atoms with Crippen LogP contribution in [0.25, 0.3) is 15.6 Å². The molecule has 1 aliphatic carbocycles. The molecule has 0 N–H and O–H groups in total. The first-order valence-electron chi connectivity index (χ1n) is 16.2. The lowest BCUT2D eigenvalue weighted by atomic mass is 9.99. The second-order valence-corrected chi connectivity index (χ2v) is 14.0. The lowest BCUT2D eigenvalue weighted by molar-refractivity contribution is -0.131. The van der Waals surface area contributed by atoms with E-state index in [1.165, 1.54) is 11.0 Å². The number of benzene rings is 2. The van der Waals surface area contributed by atoms with E-state index in [2.05, 4.69) is 33.0 Å². The Morgan fingerprint density at radius 2 is 1.94 bits per heavy atom. The summed E-state index contributed by atoms with van der Waals surface area (Å²) in [6.07, 6.45) is 2.82. The third kappa shape index (κ3) is 6.65. The number of anilines is 2. The molecular weight excluding hydrogens is 656 g/mol. The van der Waals surface area contributed by atoms with Gasteiger partial charge in [-0.15, -0.1) is 0 Å². The van der Waals surface area contributed by atoms with Crippen molar-refractivity contribution in [3.05, 3.63) is 76.3 Å². The second-order valence-electron chi connectivity index (χ2n) is 13.6. The van der Waals surface area contributed by atoms with E-state index in [0.29, 0.717) is 56.4 Å². The lowest BCUT2D eigenvalue weighted by Gasteiger charge is -2.41. The van der Waals surface area contributed by atoms with Crippen LogP contribution in [-0.2, 0) is 17.8 Å². The van der Waals surface area contributed by atoms with E-state index in [4.69, 9.17) is 32.9 Å². The van der Waals surface area contributed by atoms with Gasteiger partial charge in [0.2, 0.25) is 6.54 Å². The summed E-state index contributed by atoms with van der Waals surface area (Å²) >= 11 is 6.51. The van der Waals surface area contributed by atoms with Gasteiger partial charge in [0.15, 0.2) is 5.83 Å². The van der Waals surface area contributed by atoms with Crippen LogP contribution in [-0.4, -0.2) is 90.7 Å². The highest BCUT2D eigenvalue weighted by Gasteiger charge is 2.46. The summed E-state index contributed by atoms with van der Waals surface area (Å²) in [4.78, 5) is 34.1. The number of hydrogen-bond donors (Lipinski definition) is 0. The number of carbonyl (C=O) groups excluding carboxylic acids is 1. The van der Waals surface area contributed by atoms with Crippen molar-refractivity contribution in [2.24, 2.45) is 11.3 Å². The SMILES string of the molecule is S.[C-]#[N+]C[C@H]1CN(c2nc(OCC3(CN4CC(C)C4)CC3)nc3c2CCN(c2cccc4ccc(F)c(Cl)c24)C3)CCN1C(=O)C(=C)F. The fraction of sp³-hybridized carbons (Fsp3) is 0.486. The quantitative estimate of drug-likeness (QED) is 0.213. The summed E-state index contributed by atoms with van der Waals surface area (Å²) in [6, 6.07) is 8.72. The molecule has 7 rings (SSSR count). The molecular formula is C35H40ClF2N7O2S. The molecule has 2 aromatic carbocycles. The van der Waals surface area contributed by atoms with E-state index < -0.39 is 23.6 Å². The van der Waals surface area contributed by atoms with Crippen LogP contribution >= 0.6 is 25.1 Å². The van der Waals surface area contributed by atoms with Crippen LogP contribution in [0.2, 0.25) is 5.02 Å². The number of hydrogen-bond acceptors (Lipinski definition) is 7. The van der Waals surface area contributed by atoms with Crippen LogP contribution in [0.1, 0.15) is 31.0 Å². The van der Waals surface area contributed by atoms with Crippen molar-refractivity contribution in [2.45, 2.75) is 38.8 Å². The lowest BCUT2D eigenvalue weighted by Crippen LogP contribution is -2.57. The molecule has 0 bridgehead atoms. The largest absolute Gasteiger partial charge is 0.463 e. The van der Waals surface area contributed by atoms with Gasteiger partial charge in [-0.1, -0.05) is 43.3 Å². The summed E-state index contributed by atoms with van der Waals surface area (Å²) in [5, 5.41) is 1.61. The standard InChI is InChI=1S/C35H38ClF2N7O2.H2S/c1-22-16-42(17-22)20-35(10-11-35)21-47-34-40-28-19-43(29-6-4-5-24-7-8-27(38)31(36)30(24)29)12-9-26(28)32(41-34)44-13-14-45(33(46)23(2)37)25(18-44)15-39-3;/h4-8,22,25H,2,9-21H2,1H3;1H2/t25-;/m0./s1. The first-order chi connectivity index (χ1) is 22.6. The highest BCUT2D eigenvalue weighted by Crippen LogP contribution is 2.47. The Bertz CT molecular complexity index is 1780. The minimum absolute atomic E-state index is 0. The maximum absolute atomic E-state index is 14.6. The molecule has 1 amide bonds. The van der Waals surface area contributed by atoms with Crippen LogP contribution in [0.15, 0.2) is 42.7 Å². The molecule has 0 unspecified atom stereocenters. The van der Waals surface area contributed by atoms with E-state index in [-0.39, 0.29) is 37.0 Å². The number of ether oxygens (including phenoxy) is 1. The molecule has 1 saturated carbocycles. The molecule has 2 saturated heterocycles. The number of piperazine rings is 1. The van der Waals surface area contributed by atoms with Gasteiger partial charge in [0.05, 0.1) is 23.9 Å². The van der Waals surface area contributed by atoms with Gasteiger partial charge < -0.3 is 29.2 Å². The molecule has 4 aliphatic rings. The summed E-state index contributed by atoms with van der Waals surface area (Å²) in [6.45, 7) is 18.8. The Kier molecular flexibility index (Phi) is 9.76. The van der Waals surface area contributed by atoms with Gasteiger partial charge in [-0.05, 0) is 42.7 Å². The fourth-order valence-corrected chi connectivity index (χ4v) is 7.65. The summed E-state index contributed by atoms with van der Waals surface area (Å²) in [5.74, 6) is -0.819. The van der Waals surface area contributed by atoms with Crippen molar-refractivity contribution in [1.82, 2.24) is 19.8 Å². The molecule has 3 aliphatic heterocycles. The first kappa shape index (κ1) is 34.2. The number of nitrogens with zero attached hydrogens (tertiary/aromatic N) is 7. The van der Waals surface area contributed by atoms with Crippen molar-refractivity contribution in [1.29, 1.82) is 0 Å². The molecule has 3 aromatic rings. The van der Waals surface area contributed by atoms with Gasteiger partial charge in [0.1, 0.15) is 17.7 Å². The zero-order valence-corrected chi connectivity index (χ0v) is 28.8. The van der Waals surface area contributed by atoms with Gasteiger partial charge in [0, 0.05) is 67.9 Å². The zero-order valence-electron chi connectivity index (χ0n) is 27.0. The Morgan fingerprint density at radius 3 is 2.65 bits per heavy atom. The predicted molar refractivity (Wildman–Crippen MR) is 188 cm³/mol. The number of aromatic nitrogens is 2. The molecule has 1 atom stereocenters. The van der Waals surface area contributed by atoms with Crippen LogP contribution in [0.4, 0.5) is 20.3 Å². The highest BCUT2D eigenvalue weighted by atomic mass is 35.5. The molecule has 48 heavy (non-hydrogen) atoms. The number of fused-ring (bicyclic) bond motifs is 2. The van der Waals surface area contributed by atoms with E-state index >= 15 is 0 Å². The normalized spacial score (nSPS) is 20.4. The van der Waals surface area contributed by atoms with E-state index in [9.17, 15) is 13.6 Å². The van der Waals surface area contributed by atoms with E-state index in [1.54, 1.807) is 6.07 Å². The maximum atomic E-state index is 14.6. The van der Waals surface area contributed by atoms with Crippen molar-refractivity contribution in [3.8, 4) is 6.01 Å². The number of halogens is 3. The molecule has 0 radical (unpaired) electrons. The Balaban J connectivity index is 0.00000401. The molecule has 1 aromatic heterocycles. The van der Waals surface area contributed by atoms with Crippen LogP contribution < -0.4 is 14.5 Å². The summed E-state index contributed by atoms with van der Waals surface area (Å²) in [7, 11) is 0. The monoisotopic (exact) mass is 695 g/mol. The molecule has 3 fully saturated rings. The molecule has 9 nitrogen and oxygen atoms in total. The van der Waals surface area contributed by atoms with Gasteiger partial charge in [-0.3, -0.25) is 4.79 Å². The van der Waals surface area contributed by atoms with Crippen molar-refractivity contribution in [2.75, 3.05) is 68.8 Å². The maximum Gasteiger partial charge on any atom is 0.318 e. The van der Waals surface area contributed by atoms with E-state index in [0.717, 1.165) is 60.7 Å². The van der Waals surface area contributed by atoms with Gasteiger partial charge in [-0.25, -0.2) is 15.4 Å². The van der Waals surface area contributed by atoms with Gasteiger partial charge in [-0.2, -0.15) is 23.5 Å². The van der Waals surface area contributed by atoms with Crippen LogP contribution in [0.3, 0.4) is 0 Å². The minimum Gasteiger partial charge on any atom is -0.463 e. The number of amides is 1. The number of carbonyl (C=O) groups is 1. The molecule has 13 heteroatoms. The summed E-state index contributed by atoms with van der Waals surface area (Å²) in [5.41, 5.74) is 2.71.